The van der Waals surface area contributed by atoms with E-state index in [-0.39, 0.29) is 11.8 Å². The van der Waals surface area contributed by atoms with Gasteiger partial charge in [-0.05, 0) is 30.0 Å². The van der Waals surface area contributed by atoms with E-state index in [1.807, 2.05) is 24.3 Å². The van der Waals surface area contributed by atoms with Gasteiger partial charge in [0.05, 0.1) is 5.92 Å². The molecule has 1 fully saturated rings. The van der Waals surface area contributed by atoms with Gasteiger partial charge in [-0.1, -0.05) is 12.1 Å². The fourth-order valence-electron chi connectivity index (χ4n) is 1.58. The summed E-state index contributed by atoms with van der Waals surface area (Å²) in [6, 6.07) is 7.44. The van der Waals surface area contributed by atoms with E-state index < -0.39 is 5.97 Å². The van der Waals surface area contributed by atoms with Crippen molar-refractivity contribution < 1.29 is 9.90 Å². The predicted molar refractivity (Wildman–Crippen MR) is 49.3 cm³/mol. The van der Waals surface area contributed by atoms with E-state index in [1.165, 1.54) is 0 Å². The van der Waals surface area contributed by atoms with Crippen molar-refractivity contribution in [1.82, 2.24) is 0 Å². The Morgan fingerprint density at radius 1 is 1.38 bits per heavy atom. The van der Waals surface area contributed by atoms with E-state index in [9.17, 15) is 4.79 Å². The van der Waals surface area contributed by atoms with Crippen LogP contribution in [0.4, 0.5) is 5.69 Å². The number of carbonyl (C=O) groups is 1. The molecular weight excluding hydrogens is 166 g/mol. The Labute approximate surface area is 76.2 Å². The van der Waals surface area contributed by atoms with Crippen molar-refractivity contribution >= 4 is 11.7 Å². The molecule has 0 radical (unpaired) electrons. The van der Waals surface area contributed by atoms with Gasteiger partial charge in [-0.2, -0.15) is 0 Å². The second-order valence-electron chi connectivity index (χ2n) is 3.45. The van der Waals surface area contributed by atoms with Gasteiger partial charge in [0.1, 0.15) is 0 Å². The molecule has 1 aromatic carbocycles. The van der Waals surface area contributed by atoms with Crippen molar-refractivity contribution in [3.63, 3.8) is 0 Å². The van der Waals surface area contributed by atoms with E-state index in [4.69, 9.17) is 10.8 Å². The predicted octanol–water partition coefficient (Wildman–Crippen LogP) is 1.46. The summed E-state index contributed by atoms with van der Waals surface area (Å²) in [5, 5.41) is 8.71. The molecule has 3 heteroatoms. The van der Waals surface area contributed by atoms with Crippen molar-refractivity contribution in [3.8, 4) is 0 Å². The average molecular weight is 177 g/mol. The molecule has 0 aliphatic heterocycles. The minimum absolute atomic E-state index is 0.177. The fourth-order valence-corrected chi connectivity index (χ4v) is 1.58. The molecule has 1 saturated carbocycles. The molecule has 13 heavy (non-hydrogen) atoms. The van der Waals surface area contributed by atoms with Crippen molar-refractivity contribution in [1.29, 1.82) is 0 Å². The van der Waals surface area contributed by atoms with Crippen molar-refractivity contribution in [2.75, 3.05) is 5.73 Å². The minimum Gasteiger partial charge on any atom is -0.481 e. The standard InChI is InChI=1S/C10H11NO2/c11-7-3-1-6(2-4-7)8-5-9(8)10(12)13/h1-4,8-9H,5,11H2,(H,12,13). The molecule has 0 spiro atoms. The summed E-state index contributed by atoms with van der Waals surface area (Å²) < 4.78 is 0. The number of carboxylic acids is 1. The summed E-state index contributed by atoms with van der Waals surface area (Å²) in [7, 11) is 0. The third-order valence-corrected chi connectivity index (χ3v) is 2.47. The number of anilines is 1. The van der Waals surface area contributed by atoms with Crippen LogP contribution in [0.5, 0.6) is 0 Å². The number of aliphatic carboxylic acids is 1. The maximum atomic E-state index is 10.6. The summed E-state index contributed by atoms with van der Waals surface area (Å²) in [5.74, 6) is -0.663. The minimum atomic E-state index is -0.693. The van der Waals surface area contributed by atoms with E-state index in [0.29, 0.717) is 0 Å². The van der Waals surface area contributed by atoms with Gasteiger partial charge >= 0.3 is 5.97 Å². The number of benzene rings is 1. The lowest BCUT2D eigenvalue weighted by atomic mass is 10.1. The second-order valence-corrected chi connectivity index (χ2v) is 3.45. The lowest BCUT2D eigenvalue weighted by Gasteiger charge is -1.98. The molecule has 2 unspecified atom stereocenters. The lowest BCUT2D eigenvalue weighted by Crippen LogP contribution is -1.98. The molecule has 1 aliphatic carbocycles. The molecule has 0 aromatic heterocycles. The average Bonchev–Trinajstić information content (AvgIpc) is 2.85. The Hall–Kier alpha value is -1.51. The van der Waals surface area contributed by atoms with E-state index in [2.05, 4.69) is 0 Å². The Morgan fingerprint density at radius 2 is 2.00 bits per heavy atom. The van der Waals surface area contributed by atoms with Crippen LogP contribution in [0, 0.1) is 5.92 Å². The SMILES string of the molecule is Nc1ccc(C2CC2C(=O)O)cc1. The lowest BCUT2D eigenvalue weighted by molar-refractivity contribution is -0.138. The molecule has 0 amide bonds. The maximum absolute atomic E-state index is 10.6. The Kier molecular flexibility index (Phi) is 1.72. The van der Waals surface area contributed by atoms with Crippen LogP contribution in [-0.4, -0.2) is 11.1 Å². The highest BCUT2D eigenvalue weighted by Gasteiger charge is 2.43. The van der Waals surface area contributed by atoms with E-state index >= 15 is 0 Å². The van der Waals surface area contributed by atoms with Crippen LogP contribution in [0.25, 0.3) is 0 Å². The van der Waals surface area contributed by atoms with Gasteiger partial charge in [0.15, 0.2) is 0 Å². The van der Waals surface area contributed by atoms with Crippen LogP contribution >= 0.6 is 0 Å². The summed E-state index contributed by atoms with van der Waals surface area (Å²) in [4.78, 5) is 10.6. The Bertz CT molecular complexity index is 331. The highest BCUT2D eigenvalue weighted by molar-refractivity contribution is 5.75. The first-order valence-electron chi connectivity index (χ1n) is 4.26. The van der Waals surface area contributed by atoms with Gasteiger partial charge in [0.25, 0.3) is 0 Å². The van der Waals surface area contributed by atoms with Crippen molar-refractivity contribution in [3.05, 3.63) is 29.8 Å². The molecule has 0 saturated heterocycles. The largest absolute Gasteiger partial charge is 0.481 e. The van der Waals surface area contributed by atoms with Crippen LogP contribution in [0.15, 0.2) is 24.3 Å². The zero-order chi connectivity index (χ0) is 9.42. The van der Waals surface area contributed by atoms with Gasteiger partial charge < -0.3 is 10.8 Å². The maximum Gasteiger partial charge on any atom is 0.307 e. The fraction of sp³-hybridized carbons (Fsp3) is 0.300. The molecule has 1 aromatic rings. The molecule has 0 heterocycles. The van der Waals surface area contributed by atoms with E-state index in [0.717, 1.165) is 17.7 Å². The molecule has 3 N–H and O–H groups in total. The van der Waals surface area contributed by atoms with Gasteiger partial charge in [-0.25, -0.2) is 0 Å². The second kappa shape index (κ2) is 2.76. The third-order valence-electron chi connectivity index (χ3n) is 2.47. The topological polar surface area (TPSA) is 63.3 Å². The van der Waals surface area contributed by atoms with Crippen LogP contribution in [0.3, 0.4) is 0 Å². The molecular formula is C10H11NO2. The van der Waals surface area contributed by atoms with Crippen LogP contribution in [-0.2, 0) is 4.79 Å². The van der Waals surface area contributed by atoms with Gasteiger partial charge in [-0.3, -0.25) is 4.79 Å². The molecule has 68 valence electrons. The Morgan fingerprint density at radius 3 is 2.46 bits per heavy atom. The highest BCUT2D eigenvalue weighted by atomic mass is 16.4. The van der Waals surface area contributed by atoms with Gasteiger partial charge in [-0.15, -0.1) is 0 Å². The first-order valence-corrected chi connectivity index (χ1v) is 4.26. The summed E-state index contributed by atoms with van der Waals surface area (Å²) in [5.41, 5.74) is 7.33. The molecule has 1 aliphatic rings. The molecule has 2 rings (SSSR count). The first-order chi connectivity index (χ1) is 6.18. The molecule has 2 atom stereocenters. The summed E-state index contributed by atoms with van der Waals surface area (Å²) >= 11 is 0. The first kappa shape index (κ1) is 8.10. The number of nitrogen functional groups attached to an aromatic ring is 1. The van der Waals surface area contributed by atoms with Crippen molar-refractivity contribution in [2.24, 2.45) is 5.92 Å². The number of nitrogens with two attached hydrogens (primary N) is 1. The van der Waals surface area contributed by atoms with Crippen LogP contribution < -0.4 is 5.73 Å². The molecule has 0 bridgehead atoms. The zero-order valence-electron chi connectivity index (χ0n) is 7.10. The number of rotatable bonds is 2. The number of carboxylic acid groups (broad SMARTS) is 1. The quantitative estimate of drug-likeness (QED) is 0.672. The van der Waals surface area contributed by atoms with Crippen LogP contribution in [0.1, 0.15) is 17.9 Å². The monoisotopic (exact) mass is 177 g/mol. The number of hydrogen-bond donors (Lipinski definition) is 2. The zero-order valence-corrected chi connectivity index (χ0v) is 7.10. The Balaban J connectivity index is 2.12. The smallest absolute Gasteiger partial charge is 0.307 e. The highest BCUT2D eigenvalue weighted by Crippen LogP contribution is 2.47. The summed E-state index contributed by atoms with van der Waals surface area (Å²) in [6.07, 6.45) is 0.763. The molecule has 3 nitrogen and oxygen atoms in total. The number of hydrogen-bond acceptors (Lipinski definition) is 2. The van der Waals surface area contributed by atoms with Gasteiger partial charge in [0, 0.05) is 5.69 Å². The van der Waals surface area contributed by atoms with Crippen molar-refractivity contribution in [2.45, 2.75) is 12.3 Å². The van der Waals surface area contributed by atoms with Crippen LogP contribution in [0.2, 0.25) is 0 Å². The van der Waals surface area contributed by atoms with Gasteiger partial charge in [0.2, 0.25) is 0 Å². The summed E-state index contributed by atoms with van der Waals surface area (Å²) in [6.45, 7) is 0. The van der Waals surface area contributed by atoms with E-state index in [1.54, 1.807) is 0 Å². The third kappa shape index (κ3) is 1.49. The normalized spacial score (nSPS) is 25.5.